The number of hydrogen-bond donors (Lipinski definition) is 3. The van der Waals surface area contributed by atoms with E-state index in [-0.39, 0.29) is 24.1 Å². The number of carbonyl (C=O) groups is 3. The highest BCUT2D eigenvalue weighted by Gasteiger charge is 2.24. The number of nitrogen functional groups attached to an aromatic ring is 1. The van der Waals surface area contributed by atoms with Crippen molar-refractivity contribution in [3.8, 4) is 0 Å². The summed E-state index contributed by atoms with van der Waals surface area (Å²) >= 11 is 0. The number of esters is 2. The molecule has 1 rings (SSSR count). The Balaban J connectivity index is 2.82. The molecule has 4 N–H and O–H groups in total. The van der Waals surface area contributed by atoms with Crippen LogP contribution in [0.4, 0.5) is 11.4 Å². The van der Waals surface area contributed by atoms with Gasteiger partial charge in [0.1, 0.15) is 11.6 Å². The Morgan fingerprint density at radius 2 is 1.96 bits per heavy atom. The predicted molar refractivity (Wildman–Crippen MR) is 85.2 cm³/mol. The number of benzene rings is 1. The molecule has 0 aliphatic carbocycles. The highest BCUT2D eigenvalue weighted by atomic mass is 16.6. The predicted octanol–water partition coefficient (Wildman–Crippen LogP) is -0.0938. The van der Waals surface area contributed by atoms with Gasteiger partial charge < -0.3 is 15.2 Å². The fraction of sp³-hybridized carbons (Fsp3) is 0.357. The summed E-state index contributed by atoms with van der Waals surface area (Å²) < 4.78 is 9.03. The van der Waals surface area contributed by atoms with Crippen molar-refractivity contribution < 1.29 is 28.8 Å². The number of methoxy groups -OCH3 is 2. The standard InChI is InChI=1S/C14H18N4O7/c1-24-12(19)6-5-10(14(21)25-2)16-17-13(20)9-4-3-8(15)7-11(9)18(22)23/h3-4,7,10,16H,5-6,15H2,1-2H3,(H,17,20)/t10-/m0/s1. The van der Waals surface area contributed by atoms with Gasteiger partial charge >= 0.3 is 11.9 Å². The summed E-state index contributed by atoms with van der Waals surface area (Å²) in [6, 6.07) is 2.52. The number of nitro groups is 1. The first kappa shape index (κ1) is 19.8. The number of hydrazine groups is 1. The van der Waals surface area contributed by atoms with E-state index in [2.05, 4.69) is 20.3 Å². The number of nitrogens with zero attached hydrogens (tertiary/aromatic N) is 1. The Hall–Kier alpha value is -3.21. The zero-order chi connectivity index (χ0) is 19.0. The Morgan fingerprint density at radius 3 is 2.52 bits per heavy atom. The number of ether oxygens (including phenoxy) is 2. The lowest BCUT2D eigenvalue weighted by Gasteiger charge is -2.16. The van der Waals surface area contributed by atoms with Crippen LogP contribution in [0.15, 0.2) is 18.2 Å². The number of hydrogen-bond acceptors (Lipinski definition) is 9. The lowest BCUT2D eigenvalue weighted by Crippen LogP contribution is -2.48. The largest absolute Gasteiger partial charge is 0.469 e. The quantitative estimate of drug-likeness (QED) is 0.250. The van der Waals surface area contributed by atoms with Crippen molar-refractivity contribution in [1.29, 1.82) is 0 Å². The second-order valence-electron chi connectivity index (χ2n) is 4.82. The molecule has 11 nitrogen and oxygen atoms in total. The van der Waals surface area contributed by atoms with Gasteiger partial charge in [-0.05, 0) is 18.6 Å². The topological polar surface area (TPSA) is 163 Å². The Labute approximate surface area is 142 Å². The smallest absolute Gasteiger partial charge is 0.324 e. The first-order chi connectivity index (χ1) is 11.8. The summed E-state index contributed by atoms with van der Waals surface area (Å²) in [6.45, 7) is 0. The highest BCUT2D eigenvalue weighted by molar-refractivity contribution is 5.98. The summed E-state index contributed by atoms with van der Waals surface area (Å²) in [6.07, 6.45) is -0.107. The molecule has 0 aliphatic heterocycles. The monoisotopic (exact) mass is 354 g/mol. The molecule has 1 aromatic rings. The summed E-state index contributed by atoms with van der Waals surface area (Å²) in [5, 5.41) is 11.0. The molecule has 11 heteroatoms. The molecule has 1 amide bonds. The second-order valence-corrected chi connectivity index (χ2v) is 4.82. The number of rotatable bonds is 8. The minimum Gasteiger partial charge on any atom is -0.469 e. The molecule has 0 aliphatic rings. The normalized spacial score (nSPS) is 11.3. The number of nitrogens with one attached hydrogen (secondary N) is 2. The van der Waals surface area contributed by atoms with Crippen LogP contribution >= 0.6 is 0 Å². The van der Waals surface area contributed by atoms with Crippen molar-refractivity contribution in [2.75, 3.05) is 20.0 Å². The molecular weight excluding hydrogens is 336 g/mol. The van der Waals surface area contributed by atoms with Gasteiger partial charge in [0.2, 0.25) is 0 Å². The van der Waals surface area contributed by atoms with Crippen molar-refractivity contribution in [3.05, 3.63) is 33.9 Å². The zero-order valence-electron chi connectivity index (χ0n) is 13.6. The first-order valence-electron chi connectivity index (χ1n) is 7.04. The second kappa shape index (κ2) is 9.17. The van der Waals surface area contributed by atoms with E-state index in [1.54, 1.807) is 0 Å². The van der Waals surface area contributed by atoms with Gasteiger partial charge in [0.15, 0.2) is 0 Å². The highest BCUT2D eigenvalue weighted by Crippen LogP contribution is 2.21. The van der Waals surface area contributed by atoms with Gasteiger partial charge in [0.25, 0.3) is 11.6 Å². The van der Waals surface area contributed by atoms with Crippen LogP contribution < -0.4 is 16.6 Å². The third-order valence-corrected chi connectivity index (χ3v) is 3.17. The van der Waals surface area contributed by atoms with E-state index in [0.29, 0.717) is 0 Å². The van der Waals surface area contributed by atoms with E-state index >= 15 is 0 Å². The molecule has 0 aromatic heterocycles. The van der Waals surface area contributed by atoms with Crippen LogP contribution in [0, 0.1) is 10.1 Å². The molecule has 0 radical (unpaired) electrons. The summed E-state index contributed by atoms with van der Waals surface area (Å²) in [7, 11) is 2.34. The van der Waals surface area contributed by atoms with E-state index in [1.165, 1.54) is 19.2 Å². The molecule has 0 fully saturated rings. The number of amides is 1. The molecule has 1 atom stereocenters. The van der Waals surface area contributed by atoms with E-state index in [0.717, 1.165) is 13.2 Å². The van der Waals surface area contributed by atoms with Gasteiger partial charge in [-0.25, -0.2) is 5.43 Å². The van der Waals surface area contributed by atoms with Crippen LogP contribution in [0.1, 0.15) is 23.2 Å². The van der Waals surface area contributed by atoms with Crippen molar-refractivity contribution in [2.24, 2.45) is 0 Å². The maximum Gasteiger partial charge on any atom is 0.324 e. The first-order valence-corrected chi connectivity index (χ1v) is 7.04. The Kier molecular flexibility index (Phi) is 7.28. The third kappa shape index (κ3) is 5.73. The Bertz CT molecular complexity index is 677. The molecule has 0 spiro atoms. The molecule has 0 unspecified atom stereocenters. The number of nitrogens with two attached hydrogens (primary N) is 1. The van der Waals surface area contributed by atoms with E-state index in [1.807, 2.05) is 0 Å². The van der Waals surface area contributed by atoms with Crippen molar-refractivity contribution >= 4 is 29.2 Å². The average Bonchev–Trinajstić information content (AvgIpc) is 2.60. The van der Waals surface area contributed by atoms with E-state index in [9.17, 15) is 24.5 Å². The van der Waals surface area contributed by atoms with Crippen LogP contribution in [0.2, 0.25) is 0 Å². The molecule has 136 valence electrons. The van der Waals surface area contributed by atoms with Crippen molar-refractivity contribution in [1.82, 2.24) is 10.9 Å². The molecule has 0 bridgehead atoms. The molecule has 0 heterocycles. The minimum atomic E-state index is -1.04. The van der Waals surface area contributed by atoms with Gasteiger partial charge in [-0.1, -0.05) is 0 Å². The lowest BCUT2D eigenvalue weighted by atomic mass is 10.1. The maximum atomic E-state index is 12.1. The third-order valence-electron chi connectivity index (χ3n) is 3.17. The van der Waals surface area contributed by atoms with Crippen LogP contribution in [-0.4, -0.2) is 43.0 Å². The summed E-state index contributed by atoms with van der Waals surface area (Å²) in [4.78, 5) is 45.2. The molecular formula is C14H18N4O7. The minimum absolute atomic E-state index is 0.0105. The Morgan fingerprint density at radius 1 is 1.28 bits per heavy atom. The molecule has 0 saturated heterocycles. The SMILES string of the molecule is COC(=O)CC[C@H](NNC(=O)c1ccc(N)cc1[N+](=O)[O-])C(=O)OC. The number of anilines is 1. The number of nitro benzene ring substituents is 1. The molecule has 1 aromatic carbocycles. The van der Waals surface area contributed by atoms with Gasteiger partial charge in [0.05, 0.1) is 19.1 Å². The van der Waals surface area contributed by atoms with Crippen molar-refractivity contribution in [2.45, 2.75) is 18.9 Å². The summed E-state index contributed by atoms with van der Waals surface area (Å²) in [5.41, 5.74) is 9.44. The van der Waals surface area contributed by atoms with E-state index in [4.69, 9.17) is 5.73 Å². The molecule has 25 heavy (non-hydrogen) atoms. The van der Waals surface area contributed by atoms with Crippen LogP contribution in [0.5, 0.6) is 0 Å². The van der Waals surface area contributed by atoms with E-state index < -0.39 is 34.5 Å². The lowest BCUT2D eigenvalue weighted by molar-refractivity contribution is -0.385. The maximum absolute atomic E-state index is 12.1. The van der Waals surface area contributed by atoms with Gasteiger partial charge in [-0.2, -0.15) is 0 Å². The number of carbonyl (C=O) groups excluding carboxylic acids is 3. The van der Waals surface area contributed by atoms with Gasteiger partial charge in [0, 0.05) is 18.2 Å². The fourth-order valence-electron chi connectivity index (χ4n) is 1.87. The van der Waals surface area contributed by atoms with Gasteiger partial charge in [-0.15, -0.1) is 0 Å². The average molecular weight is 354 g/mol. The van der Waals surface area contributed by atoms with Crippen molar-refractivity contribution in [3.63, 3.8) is 0 Å². The van der Waals surface area contributed by atoms with Gasteiger partial charge in [-0.3, -0.25) is 29.9 Å². The zero-order valence-corrected chi connectivity index (χ0v) is 13.6. The van der Waals surface area contributed by atoms with Crippen LogP contribution in [-0.2, 0) is 19.1 Å². The van der Waals surface area contributed by atoms with Crippen LogP contribution in [0.3, 0.4) is 0 Å². The molecule has 0 saturated carbocycles. The fourth-order valence-corrected chi connectivity index (χ4v) is 1.87. The summed E-state index contributed by atoms with van der Waals surface area (Å²) in [5.74, 6) is -2.12. The van der Waals surface area contributed by atoms with Crippen LogP contribution in [0.25, 0.3) is 0 Å².